The Hall–Kier alpha value is -0.530. The minimum absolute atomic E-state index is 0.139. The first-order valence-electron chi connectivity index (χ1n) is 4.59. The van der Waals surface area contributed by atoms with Gasteiger partial charge in [0.05, 0.1) is 0 Å². The first-order valence-corrected chi connectivity index (χ1v) is 4.59. The smallest absolute Gasteiger partial charge is 0.225 e. The van der Waals surface area contributed by atoms with E-state index in [9.17, 15) is 4.79 Å². The number of rotatable bonds is 3. The van der Waals surface area contributed by atoms with Crippen molar-refractivity contribution >= 4 is 5.91 Å². The predicted molar refractivity (Wildman–Crippen MR) is 51.9 cm³/mol. The van der Waals surface area contributed by atoms with Crippen LogP contribution in [-0.4, -0.2) is 24.9 Å². The maximum Gasteiger partial charge on any atom is 0.225 e. The molecule has 0 heterocycles. The van der Waals surface area contributed by atoms with Crippen LogP contribution in [0.25, 0.3) is 0 Å². The van der Waals surface area contributed by atoms with Gasteiger partial charge in [-0.25, -0.2) is 0 Å². The zero-order valence-electron chi connectivity index (χ0n) is 9.09. The van der Waals surface area contributed by atoms with Gasteiger partial charge in [0.2, 0.25) is 5.91 Å². The molecule has 2 atom stereocenters. The molecule has 0 aromatic carbocycles. The number of carbonyl (C=O) groups excluding carboxylic acids is 1. The lowest BCUT2D eigenvalue weighted by atomic mass is 9.85. The van der Waals surface area contributed by atoms with E-state index in [1.165, 1.54) is 0 Å². The van der Waals surface area contributed by atoms with Crippen LogP contribution in [0, 0.1) is 17.8 Å². The number of hydrogen-bond acceptors (Lipinski definition) is 1. The molecule has 2 heteroatoms. The monoisotopic (exact) mass is 171 g/mol. The number of nitrogens with zero attached hydrogens (tertiary/aromatic N) is 1. The van der Waals surface area contributed by atoms with Gasteiger partial charge >= 0.3 is 0 Å². The largest absolute Gasteiger partial charge is 0.349 e. The van der Waals surface area contributed by atoms with Crippen LogP contribution in [0.5, 0.6) is 0 Å². The lowest BCUT2D eigenvalue weighted by Gasteiger charge is -2.25. The minimum atomic E-state index is 0.139. The van der Waals surface area contributed by atoms with Gasteiger partial charge in [0, 0.05) is 20.0 Å². The van der Waals surface area contributed by atoms with Crippen LogP contribution in [0.4, 0.5) is 0 Å². The van der Waals surface area contributed by atoms with Crippen LogP contribution >= 0.6 is 0 Å². The van der Waals surface area contributed by atoms with Gasteiger partial charge in [-0.2, -0.15) is 0 Å². The number of carbonyl (C=O) groups is 1. The molecule has 72 valence electrons. The molecule has 0 rings (SSSR count). The van der Waals surface area contributed by atoms with Crippen molar-refractivity contribution in [1.82, 2.24) is 4.90 Å². The molecule has 0 aliphatic heterocycles. The summed E-state index contributed by atoms with van der Waals surface area (Å²) in [7, 11) is 3.62. The van der Waals surface area contributed by atoms with Crippen LogP contribution < -0.4 is 0 Å². The molecule has 0 saturated heterocycles. The van der Waals surface area contributed by atoms with Crippen molar-refractivity contribution in [1.29, 1.82) is 0 Å². The summed E-state index contributed by atoms with van der Waals surface area (Å²) in [4.78, 5) is 13.2. The molecule has 0 spiro atoms. The summed E-state index contributed by atoms with van der Waals surface area (Å²) in [5, 5.41) is 0. The maximum atomic E-state index is 11.5. The molecule has 12 heavy (non-hydrogen) atoms. The summed E-state index contributed by atoms with van der Waals surface area (Å²) >= 11 is 0. The Morgan fingerprint density at radius 2 is 1.50 bits per heavy atom. The SMILES string of the molecule is CC(C)C(C)C(C)C(=O)N(C)C. The van der Waals surface area contributed by atoms with Crippen molar-refractivity contribution in [3.05, 3.63) is 0 Å². The van der Waals surface area contributed by atoms with Crippen molar-refractivity contribution in [2.24, 2.45) is 17.8 Å². The summed E-state index contributed by atoms with van der Waals surface area (Å²) in [6.07, 6.45) is 0. The van der Waals surface area contributed by atoms with Gasteiger partial charge in [-0.1, -0.05) is 27.7 Å². The molecule has 0 aromatic heterocycles. The minimum Gasteiger partial charge on any atom is -0.349 e. The van der Waals surface area contributed by atoms with Crippen LogP contribution in [-0.2, 0) is 4.79 Å². The van der Waals surface area contributed by atoms with Gasteiger partial charge < -0.3 is 4.90 Å². The van der Waals surface area contributed by atoms with E-state index in [1.807, 2.05) is 21.0 Å². The Balaban J connectivity index is 4.19. The van der Waals surface area contributed by atoms with Crippen LogP contribution in [0.1, 0.15) is 27.7 Å². The Morgan fingerprint density at radius 3 is 1.75 bits per heavy atom. The fraction of sp³-hybridized carbons (Fsp3) is 0.900. The third kappa shape index (κ3) is 2.84. The van der Waals surface area contributed by atoms with Crippen molar-refractivity contribution in [2.75, 3.05) is 14.1 Å². The predicted octanol–water partition coefficient (Wildman–Crippen LogP) is 2.00. The second kappa shape index (κ2) is 4.48. The molecule has 0 N–H and O–H groups in total. The fourth-order valence-electron chi connectivity index (χ4n) is 1.21. The van der Waals surface area contributed by atoms with Crippen LogP contribution in [0.15, 0.2) is 0 Å². The molecule has 2 nitrogen and oxygen atoms in total. The van der Waals surface area contributed by atoms with E-state index in [2.05, 4.69) is 20.8 Å². The van der Waals surface area contributed by atoms with Gasteiger partial charge in [-0.3, -0.25) is 4.79 Å². The van der Waals surface area contributed by atoms with Crippen LogP contribution in [0.2, 0.25) is 0 Å². The summed E-state index contributed by atoms with van der Waals surface area (Å²) < 4.78 is 0. The molecule has 0 saturated carbocycles. The topological polar surface area (TPSA) is 20.3 Å². The first-order chi connectivity index (χ1) is 5.37. The van der Waals surface area contributed by atoms with Gasteiger partial charge in [0.25, 0.3) is 0 Å². The zero-order chi connectivity index (χ0) is 9.89. The molecule has 0 aliphatic carbocycles. The lowest BCUT2D eigenvalue weighted by molar-refractivity contribution is -0.134. The summed E-state index contributed by atoms with van der Waals surface area (Å²) in [6, 6.07) is 0. The average Bonchev–Trinajstić information content (AvgIpc) is 2.00. The van der Waals surface area contributed by atoms with E-state index in [1.54, 1.807) is 4.90 Å². The Kier molecular flexibility index (Phi) is 4.29. The summed E-state index contributed by atoms with van der Waals surface area (Å²) in [6.45, 7) is 8.46. The molecule has 0 aliphatic rings. The molecule has 0 bridgehead atoms. The maximum absolute atomic E-state index is 11.5. The standard InChI is InChI=1S/C10H21NO/c1-7(2)8(3)9(4)10(12)11(5)6/h7-9H,1-6H3. The number of amides is 1. The molecular weight excluding hydrogens is 150 g/mol. The molecule has 0 fully saturated rings. The summed E-state index contributed by atoms with van der Waals surface area (Å²) in [5.41, 5.74) is 0. The first kappa shape index (κ1) is 11.5. The molecule has 0 radical (unpaired) electrons. The fourth-order valence-corrected chi connectivity index (χ4v) is 1.21. The zero-order valence-corrected chi connectivity index (χ0v) is 9.09. The van der Waals surface area contributed by atoms with Crippen molar-refractivity contribution in [3.63, 3.8) is 0 Å². The van der Waals surface area contributed by atoms with E-state index in [4.69, 9.17) is 0 Å². The average molecular weight is 171 g/mol. The van der Waals surface area contributed by atoms with E-state index < -0.39 is 0 Å². The van der Waals surface area contributed by atoms with Gasteiger partial charge in [-0.05, 0) is 11.8 Å². The van der Waals surface area contributed by atoms with Crippen molar-refractivity contribution in [3.8, 4) is 0 Å². The number of hydrogen-bond donors (Lipinski definition) is 0. The molecule has 0 aromatic rings. The highest BCUT2D eigenvalue weighted by molar-refractivity contribution is 5.78. The van der Waals surface area contributed by atoms with E-state index in [0.29, 0.717) is 11.8 Å². The third-order valence-electron chi connectivity index (χ3n) is 2.67. The molecule has 2 unspecified atom stereocenters. The molecular formula is C10H21NO. The van der Waals surface area contributed by atoms with Gasteiger partial charge in [-0.15, -0.1) is 0 Å². The van der Waals surface area contributed by atoms with E-state index in [-0.39, 0.29) is 11.8 Å². The highest BCUT2D eigenvalue weighted by atomic mass is 16.2. The summed E-state index contributed by atoms with van der Waals surface area (Å²) in [5.74, 6) is 1.40. The second-order valence-corrected chi connectivity index (χ2v) is 4.12. The highest BCUT2D eigenvalue weighted by Crippen LogP contribution is 2.21. The van der Waals surface area contributed by atoms with E-state index >= 15 is 0 Å². The van der Waals surface area contributed by atoms with Crippen LogP contribution in [0.3, 0.4) is 0 Å². The quantitative estimate of drug-likeness (QED) is 0.636. The van der Waals surface area contributed by atoms with Crippen molar-refractivity contribution in [2.45, 2.75) is 27.7 Å². The van der Waals surface area contributed by atoms with Gasteiger partial charge in [0.1, 0.15) is 0 Å². The lowest BCUT2D eigenvalue weighted by Crippen LogP contribution is -2.33. The van der Waals surface area contributed by atoms with E-state index in [0.717, 1.165) is 0 Å². The van der Waals surface area contributed by atoms with Gasteiger partial charge in [0.15, 0.2) is 0 Å². The molecule has 1 amide bonds. The normalized spacial score (nSPS) is 15.9. The highest BCUT2D eigenvalue weighted by Gasteiger charge is 2.23. The Labute approximate surface area is 75.9 Å². The Bertz CT molecular complexity index is 152. The third-order valence-corrected chi connectivity index (χ3v) is 2.67. The Morgan fingerprint density at radius 1 is 1.08 bits per heavy atom. The van der Waals surface area contributed by atoms with Crippen molar-refractivity contribution < 1.29 is 4.79 Å². The second-order valence-electron chi connectivity index (χ2n) is 4.12.